The van der Waals surface area contributed by atoms with Gasteiger partial charge in [0.05, 0.1) is 18.1 Å². The molecular formula is C20H24N2O2. The third-order valence-corrected chi connectivity index (χ3v) is 4.35. The highest BCUT2D eigenvalue weighted by Crippen LogP contribution is 2.37. The van der Waals surface area contributed by atoms with Crippen LogP contribution in [0.25, 0.3) is 10.8 Å². The van der Waals surface area contributed by atoms with E-state index in [1.807, 2.05) is 64.1 Å². The molecule has 4 heteroatoms. The number of benzene rings is 2. The minimum absolute atomic E-state index is 0.0122. The number of nitrogens with one attached hydrogen (secondary N) is 1. The Kier molecular flexibility index (Phi) is 4.33. The Morgan fingerprint density at radius 1 is 1.04 bits per heavy atom. The maximum atomic E-state index is 11.3. The van der Waals surface area contributed by atoms with E-state index < -0.39 is 5.60 Å². The van der Waals surface area contributed by atoms with E-state index >= 15 is 0 Å². The Balaban J connectivity index is 2.06. The zero-order valence-electron chi connectivity index (χ0n) is 14.6. The molecule has 0 fully saturated rings. The second-order valence-electron chi connectivity index (χ2n) is 6.77. The van der Waals surface area contributed by atoms with Crippen molar-refractivity contribution in [2.45, 2.75) is 39.4 Å². The van der Waals surface area contributed by atoms with Crippen molar-refractivity contribution in [3.05, 3.63) is 60.2 Å². The van der Waals surface area contributed by atoms with Gasteiger partial charge in [-0.05, 0) is 54.3 Å². The van der Waals surface area contributed by atoms with Gasteiger partial charge in [0.1, 0.15) is 11.4 Å². The fourth-order valence-electron chi connectivity index (χ4n) is 3.05. The summed E-state index contributed by atoms with van der Waals surface area (Å²) >= 11 is 0. The summed E-state index contributed by atoms with van der Waals surface area (Å²) in [6, 6.07) is 12.1. The first kappa shape index (κ1) is 16.5. The van der Waals surface area contributed by atoms with E-state index in [9.17, 15) is 5.11 Å². The molecule has 0 aliphatic carbocycles. The molecule has 126 valence electrons. The fraction of sp³-hybridized carbons (Fsp3) is 0.350. The molecule has 0 amide bonds. The van der Waals surface area contributed by atoms with Gasteiger partial charge in [0.25, 0.3) is 0 Å². The average molecular weight is 324 g/mol. The second-order valence-corrected chi connectivity index (χ2v) is 6.77. The summed E-state index contributed by atoms with van der Waals surface area (Å²) in [5.41, 5.74) is 0.354. The molecule has 3 rings (SSSR count). The highest BCUT2D eigenvalue weighted by Gasteiger charge is 2.37. The SMILES string of the molecule is CC(C)Oc1ccc2cc(C(O)(c3c[nH]cn3)C(C)C)ccc2c1. The molecule has 0 bridgehead atoms. The van der Waals surface area contributed by atoms with Crippen molar-refractivity contribution in [2.24, 2.45) is 5.92 Å². The van der Waals surface area contributed by atoms with Crippen LogP contribution in [0.3, 0.4) is 0 Å². The molecule has 2 aromatic carbocycles. The number of aromatic amines is 1. The monoisotopic (exact) mass is 324 g/mol. The average Bonchev–Trinajstić information content (AvgIpc) is 3.07. The summed E-state index contributed by atoms with van der Waals surface area (Å²) in [5, 5.41) is 13.5. The van der Waals surface area contributed by atoms with Gasteiger partial charge < -0.3 is 14.8 Å². The number of rotatable bonds is 5. The number of ether oxygens (including phenoxy) is 1. The van der Waals surface area contributed by atoms with Gasteiger partial charge in [-0.15, -0.1) is 0 Å². The minimum atomic E-state index is -1.12. The predicted molar refractivity (Wildman–Crippen MR) is 96.1 cm³/mol. The number of aromatic nitrogens is 2. The summed E-state index contributed by atoms with van der Waals surface area (Å²) in [5.74, 6) is 0.846. The van der Waals surface area contributed by atoms with Gasteiger partial charge in [-0.2, -0.15) is 0 Å². The molecule has 24 heavy (non-hydrogen) atoms. The molecule has 0 radical (unpaired) electrons. The fourth-order valence-corrected chi connectivity index (χ4v) is 3.05. The van der Waals surface area contributed by atoms with Gasteiger partial charge in [-0.3, -0.25) is 0 Å². The zero-order valence-corrected chi connectivity index (χ0v) is 14.6. The molecule has 0 aliphatic heterocycles. The van der Waals surface area contributed by atoms with Gasteiger partial charge in [0.2, 0.25) is 0 Å². The number of hydrogen-bond acceptors (Lipinski definition) is 3. The summed E-state index contributed by atoms with van der Waals surface area (Å²) in [6.07, 6.45) is 3.50. The second kappa shape index (κ2) is 6.29. The van der Waals surface area contributed by atoms with Crippen molar-refractivity contribution in [3.8, 4) is 5.75 Å². The van der Waals surface area contributed by atoms with Gasteiger partial charge in [-0.1, -0.05) is 32.0 Å². The summed E-state index contributed by atoms with van der Waals surface area (Å²) in [6.45, 7) is 8.02. The molecule has 3 aromatic rings. The van der Waals surface area contributed by atoms with Crippen molar-refractivity contribution in [1.82, 2.24) is 9.97 Å². The topological polar surface area (TPSA) is 58.1 Å². The smallest absolute Gasteiger partial charge is 0.135 e. The number of imidazole rings is 1. The van der Waals surface area contributed by atoms with Crippen LogP contribution in [0.4, 0.5) is 0 Å². The van der Waals surface area contributed by atoms with E-state index in [-0.39, 0.29) is 12.0 Å². The summed E-state index contributed by atoms with van der Waals surface area (Å²) in [7, 11) is 0. The van der Waals surface area contributed by atoms with Crippen LogP contribution in [0, 0.1) is 5.92 Å². The van der Waals surface area contributed by atoms with Crippen LogP contribution in [0.1, 0.15) is 39.0 Å². The quantitative estimate of drug-likeness (QED) is 0.738. The van der Waals surface area contributed by atoms with E-state index in [0.717, 1.165) is 22.1 Å². The normalized spacial score (nSPS) is 14.3. The summed E-state index contributed by atoms with van der Waals surface area (Å²) in [4.78, 5) is 7.22. The van der Waals surface area contributed by atoms with E-state index in [1.165, 1.54) is 0 Å². The molecule has 0 aliphatic rings. The van der Waals surface area contributed by atoms with Crippen LogP contribution in [0.15, 0.2) is 48.9 Å². The molecule has 1 heterocycles. The molecule has 0 saturated heterocycles. The van der Waals surface area contributed by atoms with Crippen molar-refractivity contribution in [1.29, 1.82) is 0 Å². The standard InChI is InChI=1S/C20H24N2O2/c1-13(2)20(23,19-11-21-12-22-19)17-7-5-16-10-18(24-14(3)4)8-6-15(16)9-17/h5-14,23H,1-4H3,(H,21,22). The van der Waals surface area contributed by atoms with E-state index in [1.54, 1.807) is 12.5 Å². The lowest BCUT2D eigenvalue weighted by atomic mass is 9.80. The van der Waals surface area contributed by atoms with E-state index in [4.69, 9.17) is 4.74 Å². The van der Waals surface area contributed by atoms with Crippen molar-refractivity contribution in [2.75, 3.05) is 0 Å². The first-order chi connectivity index (χ1) is 11.4. The third kappa shape index (κ3) is 2.89. The molecular weight excluding hydrogens is 300 g/mol. The van der Waals surface area contributed by atoms with Gasteiger partial charge in [0, 0.05) is 6.20 Å². The number of fused-ring (bicyclic) bond motifs is 1. The first-order valence-corrected chi connectivity index (χ1v) is 8.34. The number of aliphatic hydroxyl groups is 1. The largest absolute Gasteiger partial charge is 0.491 e. The highest BCUT2D eigenvalue weighted by atomic mass is 16.5. The molecule has 1 unspecified atom stereocenters. The van der Waals surface area contributed by atoms with Crippen LogP contribution >= 0.6 is 0 Å². The number of nitrogens with zero attached hydrogens (tertiary/aromatic N) is 1. The maximum Gasteiger partial charge on any atom is 0.135 e. The molecule has 2 N–H and O–H groups in total. The van der Waals surface area contributed by atoms with Crippen molar-refractivity contribution >= 4 is 10.8 Å². The Morgan fingerprint density at radius 2 is 1.75 bits per heavy atom. The lowest BCUT2D eigenvalue weighted by molar-refractivity contribution is 0.0281. The van der Waals surface area contributed by atoms with Crippen LogP contribution in [0.2, 0.25) is 0 Å². The Hall–Kier alpha value is -2.33. The number of H-pyrrole nitrogens is 1. The molecule has 0 spiro atoms. The highest BCUT2D eigenvalue weighted by molar-refractivity contribution is 5.84. The summed E-state index contributed by atoms with van der Waals surface area (Å²) < 4.78 is 5.75. The molecule has 0 saturated carbocycles. The zero-order chi connectivity index (χ0) is 17.3. The lowest BCUT2D eigenvalue weighted by Crippen LogP contribution is -2.33. The number of hydrogen-bond donors (Lipinski definition) is 2. The predicted octanol–water partition coefficient (Wildman–Crippen LogP) is 4.24. The van der Waals surface area contributed by atoms with Gasteiger partial charge in [-0.25, -0.2) is 4.98 Å². The van der Waals surface area contributed by atoms with Gasteiger partial charge >= 0.3 is 0 Å². The lowest BCUT2D eigenvalue weighted by Gasteiger charge is -2.31. The van der Waals surface area contributed by atoms with E-state index in [2.05, 4.69) is 9.97 Å². The van der Waals surface area contributed by atoms with Crippen molar-refractivity contribution in [3.63, 3.8) is 0 Å². The minimum Gasteiger partial charge on any atom is -0.491 e. The van der Waals surface area contributed by atoms with Crippen LogP contribution in [-0.2, 0) is 5.60 Å². The van der Waals surface area contributed by atoms with Crippen LogP contribution < -0.4 is 4.74 Å². The van der Waals surface area contributed by atoms with Crippen LogP contribution in [0.5, 0.6) is 5.75 Å². The Bertz CT molecular complexity index is 825. The Morgan fingerprint density at radius 3 is 2.38 bits per heavy atom. The molecule has 1 atom stereocenters. The maximum absolute atomic E-state index is 11.3. The Labute approximate surface area is 142 Å². The van der Waals surface area contributed by atoms with Crippen LogP contribution in [-0.4, -0.2) is 21.2 Å². The van der Waals surface area contributed by atoms with E-state index in [0.29, 0.717) is 5.69 Å². The molecule has 1 aromatic heterocycles. The first-order valence-electron chi connectivity index (χ1n) is 8.34. The van der Waals surface area contributed by atoms with Crippen molar-refractivity contribution < 1.29 is 9.84 Å². The van der Waals surface area contributed by atoms with Gasteiger partial charge in [0.15, 0.2) is 0 Å². The third-order valence-electron chi connectivity index (χ3n) is 4.35. The molecule has 4 nitrogen and oxygen atoms in total.